The van der Waals surface area contributed by atoms with E-state index in [1.54, 1.807) is 0 Å². The number of aryl methyl sites for hydroxylation is 1. The summed E-state index contributed by atoms with van der Waals surface area (Å²) < 4.78 is 10.7. The number of nitrogens with one attached hydrogen (secondary N) is 1. The molecule has 0 radical (unpaired) electrons. The third-order valence-corrected chi connectivity index (χ3v) is 4.65. The van der Waals surface area contributed by atoms with Gasteiger partial charge in [0, 0.05) is 41.2 Å². The first-order valence-corrected chi connectivity index (χ1v) is 9.38. The number of hydrogen-bond acceptors (Lipinski definition) is 7. The van der Waals surface area contributed by atoms with Crippen molar-refractivity contribution in [2.75, 3.05) is 0 Å². The van der Waals surface area contributed by atoms with E-state index in [-0.39, 0.29) is 36.5 Å². The molecular weight excluding hydrogens is 388 g/mol. The van der Waals surface area contributed by atoms with Crippen LogP contribution in [-0.4, -0.2) is 26.1 Å². The maximum atomic E-state index is 12.0. The van der Waals surface area contributed by atoms with Gasteiger partial charge >= 0.3 is 5.97 Å². The van der Waals surface area contributed by atoms with Gasteiger partial charge in [-0.15, -0.1) is 10.2 Å². The zero-order valence-electron chi connectivity index (χ0n) is 15.9. The second-order valence-corrected chi connectivity index (χ2v) is 6.68. The van der Waals surface area contributed by atoms with Crippen LogP contribution in [0.4, 0.5) is 5.69 Å². The van der Waals surface area contributed by atoms with E-state index in [4.69, 9.17) is 9.15 Å². The van der Waals surface area contributed by atoms with Crippen molar-refractivity contribution < 1.29 is 18.9 Å². The lowest BCUT2D eigenvalue weighted by Crippen LogP contribution is -2.05. The molecule has 0 fully saturated rings. The van der Waals surface area contributed by atoms with Crippen molar-refractivity contribution in [1.29, 1.82) is 0 Å². The van der Waals surface area contributed by atoms with Crippen LogP contribution in [0.2, 0.25) is 0 Å². The summed E-state index contributed by atoms with van der Waals surface area (Å²) >= 11 is 0. The van der Waals surface area contributed by atoms with E-state index < -0.39 is 4.92 Å². The zero-order valence-corrected chi connectivity index (χ0v) is 15.9. The van der Waals surface area contributed by atoms with Crippen molar-refractivity contribution in [3.8, 4) is 11.5 Å². The number of H-pyrrole nitrogens is 1. The predicted molar refractivity (Wildman–Crippen MR) is 107 cm³/mol. The number of non-ortho nitro benzene ring substituents is 1. The number of fused-ring (bicyclic) bond motifs is 1. The normalized spacial score (nSPS) is 10.9. The Morgan fingerprint density at radius 2 is 1.93 bits per heavy atom. The minimum atomic E-state index is -0.485. The number of carbonyl (C=O) groups excluding carboxylic acids is 1. The van der Waals surface area contributed by atoms with E-state index in [2.05, 4.69) is 21.2 Å². The molecule has 0 aliphatic heterocycles. The first-order chi connectivity index (χ1) is 14.6. The molecule has 0 unspecified atom stereocenters. The lowest BCUT2D eigenvalue weighted by atomic mass is 10.1. The highest BCUT2D eigenvalue weighted by atomic mass is 16.6. The first kappa shape index (κ1) is 19.3. The Balaban J connectivity index is 1.25. The van der Waals surface area contributed by atoms with Crippen molar-refractivity contribution in [2.24, 2.45) is 0 Å². The molecule has 2 aromatic heterocycles. The standard InChI is InChI=1S/C21H18N4O5/c26-20(7-3-4-15-12-22-18-6-2-1-5-17(15)18)29-13-19-23-24-21(30-19)14-8-10-16(11-9-14)25(27)28/h1-2,5-6,8-12,22H,3-4,7,13H2. The number of esters is 1. The molecule has 0 spiro atoms. The average molecular weight is 406 g/mol. The number of ether oxygens (including phenoxy) is 1. The van der Waals surface area contributed by atoms with Gasteiger partial charge in [0.25, 0.3) is 11.6 Å². The van der Waals surface area contributed by atoms with E-state index in [0.717, 1.165) is 17.3 Å². The molecule has 0 saturated carbocycles. The van der Waals surface area contributed by atoms with Crippen LogP contribution in [0.5, 0.6) is 0 Å². The third-order valence-electron chi connectivity index (χ3n) is 4.65. The van der Waals surface area contributed by atoms with Crippen molar-refractivity contribution >= 4 is 22.6 Å². The smallest absolute Gasteiger partial charge is 0.306 e. The van der Waals surface area contributed by atoms with Crippen molar-refractivity contribution in [2.45, 2.75) is 25.9 Å². The average Bonchev–Trinajstić information content (AvgIpc) is 3.40. The molecule has 30 heavy (non-hydrogen) atoms. The summed E-state index contributed by atoms with van der Waals surface area (Å²) in [7, 11) is 0. The molecule has 0 saturated heterocycles. The van der Waals surface area contributed by atoms with Gasteiger partial charge in [0.15, 0.2) is 6.61 Å². The van der Waals surface area contributed by atoms with Crippen LogP contribution < -0.4 is 0 Å². The van der Waals surface area contributed by atoms with Crippen LogP contribution in [0.25, 0.3) is 22.4 Å². The van der Waals surface area contributed by atoms with Gasteiger partial charge < -0.3 is 14.1 Å². The van der Waals surface area contributed by atoms with Crippen molar-refractivity contribution in [3.05, 3.63) is 76.3 Å². The summed E-state index contributed by atoms with van der Waals surface area (Å²) in [4.78, 5) is 25.4. The van der Waals surface area contributed by atoms with Crippen LogP contribution in [0, 0.1) is 10.1 Å². The van der Waals surface area contributed by atoms with Gasteiger partial charge in [0.2, 0.25) is 5.89 Å². The molecule has 152 valence electrons. The fourth-order valence-electron chi connectivity index (χ4n) is 3.13. The number of nitro benzene ring substituents is 1. The highest BCUT2D eigenvalue weighted by Crippen LogP contribution is 2.22. The molecule has 1 N–H and O–H groups in total. The summed E-state index contributed by atoms with van der Waals surface area (Å²) in [5, 5.41) is 19.6. The zero-order chi connectivity index (χ0) is 20.9. The Kier molecular flexibility index (Phi) is 5.51. The van der Waals surface area contributed by atoms with Gasteiger partial charge in [-0.1, -0.05) is 18.2 Å². The Morgan fingerprint density at radius 3 is 2.73 bits per heavy atom. The molecule has 0 aliphatic rings. The second kappa shape index (κ2) is 8.56. The largest absolute Gasteiger partial charge is 0.456 e. The predicted octanol–water partition coefficient (Wildman–Crippen LogP) is 4.19. The number of benzene rings is 2. The number of nitro groups is 1. The molecule has 0 aliphatic carbocycles. The molecule has 2 heterocycles. The quantitative estimate of drug-likeness (QED) is 0.264. The number of rotatable bonds is 8. The summed E-state index contributed by atoms with van der Waals surface area (Å²) in [5.74, 6) is 0.0218. The van der Waals surface area contributed by atoms with E-state index in [1.165, 1.54) is 29.8 Å². The Bertz CT molecular complexity index is 1180. The topological polar surface area (TPSA) is 124 Å². The molecule has 4 aromatic rings. The maximum Gasteiger partial charge on any atom is 0.306 e. The molecule has 0 amide bonds. The van der Waals surface area contributed by atoms with Crippen LogP contribution in [0.1, 0.15) is 24.3 Å². The van der Waals surface area contributed by atoms with E-state index in [0.29, 0.717) is 12.0 Å². The number of nitrogens with zero attached hydrogens (tertiary/aromatic N) is 3. The highest BCUT2D eigenvalue weighted by molar-refractivity contribution is 5.83. The molecule has 0 bridgehead atoms. The SMILES string of the molecule is O=C(CCCc1c[nH]c2ccccc12)OCc1nnc(-c2ccc([N+](=O)[O-])cc2)o1. The van der Waals surface area contributed by atoms with Crippen LogP contribution in [0.3, 0.4) is 0 Å². The lowest BCUT2D eigenvalue weighted by Gasteiger charge is -2.02. The van der Waals surface area contributed by atoms with Gasteiger partial charge in [-0.3, -0.25) is 14.9 Å². The van der Waals surface area contributed by atoms with Crippen molar-refractivity contribution in [1.82, 2.24) is 15.2 Å². The minimum absolute atomic E-state index is 0.0277. The molecular formula is C21H18N4O5. The number of para-hydroxylation sites is 1. The number of carbonyl (C=O) groups is 1. The van der Waals surface area contributed by atoms with Gasteiger partial charge in [0.05, 0.1) is 4.92 Å². The molecule has 2 aromatic carbocycles. The maximum absolute atomic E-state index is 12.0. The Hall–Kier alpha value is -4.01. The summed E-state index contributed by atoms with van der Waals surface area (Å²) in [6.07, 6.45) is 3.68. The van der Waals surface area contributed by atoms with Crippen LogP contribution in [-0.2, 0) is 22.6 Å². The van der Waals surface area contributed by atoms with Gasteiger partial charge in [-0.2, -0.15) is 0 Å². The lowest BCUT2D eigenvalue weighted by molar-refractivity contribution is -0.384. The molecule has 4 rings (SSSR count). The van der Waals surface area contributed by atoms with Crippen LogP contribution >= 0.6 is 0 Å². The van der Waals surface area contributed by atoms with Crippen molar-refractivity contribution in [3.63, 3.8) is 0 Å². The molecule has 0 atom stereocenters. The number of hydrogen-bond donors (Lipinski definition) is 1. The minimum Gasteiger partial charge on any atom is -0.456 e. The second-order valence-electron chi connectivity index (χ2n) is 6.68. The number of aromatic amines is 1. The summed E-state index contributed by atoms with van der Waals surface area (Å²) in [6, 6.07) is 13.8. The van der Waals surface area contributed by atoms with Crippen LogP contribution in [0.15, 0.2) is 59.1 Å². The third kappa shape index (κ3) is 4.35. The first-order valence-electron chi connectivity index (χ1n) is 9.38. The van der Waals surface area contributed by atoms with E-state index in [9.17, 15) is 14.9 Å². The van der Waals surface area contributed by atoms with Gasteiger partial charge in [-0.05, 0) is 36.6 Å². The monoisotopic (exact) mass is 406 g/mol. The highest BCUT2D eigenvalue weighted by Gasteiger charge is 2.13. The Morgan fingerprint density at radius 1 is 1.13 bits per heavy atom. The number of aromatic nitrogens is 3. The van der Waals surface area contributed by atoms with E-state index >= 15 is 0 Å². The molecule has 9 heteroatoms. The molecule has 9 nitrogen and oxygen atoms in total. The van der Waals surface area contributed by atoms with Gasteiger partial charge in [0.1, 0.15) is 0 Å². The fraction of sp³-hybridized carbons (Fsp3) is 0.190. The van der Waals surface area contributed by atoms with Gasteiger partial charge in [-0.25, -0.2) is 0 Å². The summed E-state index contributed by atoms with van der Waals surface area (Å²) in [6.45, 7) is -0.119. The Labute approximate surface area is 170 Å². The summed E-state index contributed by atoms with van der Waals surface area (Å²) in [5.41, 5.74) is 2.77. The fourth-order valence-corrected chi connectivity index (χ4v) is 3.13. The van der Waals surface area contributed by atoms with E-state index in [1.807, 2.05) is 24.4 Å².